The second-order valence-electron chi connectivity index (χ2n) is 7.90. The van der Waals surface area contributed by atoms with Gasteiger partial charge in [-0.3, -0.25) is 4.79 Å². The standard InChI is InChI=1S/C27H28N2O6/c1-34-26(32)24(17-19-8-4-2-5-9-19)28-25(31)23(16-20-12-14-22(30)15-13-20)29-27(33)35-18-21-10-6-3-7-11-21/h2-15,23-24,30H,16-18H2,1H3,(H,28,31)(H,29,33)/t23-,24-/m1/s1. The minimum atomic E-state index is -1.04. The summed E-state index contributed by atoms with van der Waals surface area (Å²) in [5, 5.41) is 14.8. The molecule has 0 heterocycles. The molecule has 3 aromatic rings. The highest BCUT2D eigenvalue weighted by molar-refractivity contribution is 5.90. The van der Waals surface area contributed by atoms with Crippen molar-refractivity contribution in [2.75, 3.05) is 7.11 Å². The molecule has 0 bridgehead atoms. The van der Waals surface area contributed by atoms with Crippen LogP contribution in [0.4, 0.5) is 4.79 Å². The molecular weight excluding hydrogens is 448 g/mol. The lowest BCUT2D eigenvalue weighted by Gasteiger charge is -2.22. The Morgan fingerprint density at radius 3 is 1.89 bits per heavy atom. The second-order valence-corrected chi connectivity index (χ2v) is 7.90. The van der Waals surface area contributed by atoms with Gasteiger partial charge in [0.2, 0.25) is 5.91 Å². The molecule has 3 rings (SSSR count). The Hall–Kier alpha value is -4.33. The van der Waals surface area contributed by atoms with Crippen molar-refractivity contribution in [2.45, 2.75) is 31.5 Å². The number of amides is 2. The summed E-state index contributed by atoms with van der Waals surface area (Å²) in [5.74, 6) is -1.09. The van der Waals surface area contributed by atoms with Crippen LogP contribution >= 0.6 is 0 Å². The monoisotopic (exact) mass is 476 g/mol. The molecule has 0 aliphatic heterocycles. The van der Waals surface area contributed by atoms with E-state index in [0.717, 1.165) is 11.1 Å². The van der Waals surface area contributed by atoms with Crippen LogP contribution in [0, 0.1) is 0 Å². The molecule has 0 saturated heterocycles. The Morgan fingerprint density at radius 2 is 1.29 bits per heavy atom. The SMILES string of the molecule is COC(=O)[C@@H](Cc1ccccc1)NC(=O)[C@@H](Cc1ccc(O)cc1)NC(=O)OCc1ccccc1. The van der Waals surface area contributed by atoms with E-state index in [2.05, 4.69) is 10.6 Å². The van der Waals surface area contributed by atoms with Gasteiger partial charge in [0.1, 0.15) is 24.4 Å². The largest absolute Gasteiger partial charge is 0.508 e. The molecule has 182 valence electrons. The van der Waals surface area contributed by atoms with E-state index in [1.807, 2.05) is 60.7 Å². The quantitative estimate of drug-likeness (QED) is 0.388. The molecule has 0 aliphatic carbocycles. The minimum absolute atomic E-state index is 0.0407. The summed E-state index contributed by atoms with van der Waals surface area (Å²) in [5.41, 5.74) is 2.34. The third-order valence-electron chi connectivity index (χ3n) is 5.28. The molecule has 8 heteroatoms. The zero-order valence-corrected chi connectivity index (χ0v) is 19.3. The van der Waals surface area contributed by atoms with Gasteiger partial charge in [-0.2, -0.15) is 0 Å². The number of methoxy groups -OCH3 is 1. The summed E-state index contributed by atoms with van der Waals surface area (Å²) in [6.07, 6.45) is -0.430. The number of carbonyl (C=O) groups is 3. The van der Waals surface area contributed by atoms with E-state index in [-0.39, 0.29) is 25.2 Å². The Morgan fingerprint density at radius 1 is 0.743 bits per heavy atom. The molecule has 2 atom stereocenters. The van der Waals surface area contributed by atoms with Crippen molar-refractivity contribution in [3.05, 3.63) is 102 Å². The van der Waals surface area contributed by atoms with Gasteiger partial charge in [-0.05, 0) is 28.8 Å². The first-order chi connectivity index (χ1) is 16.9. The van der Waals surface area contributed by atoms with E-state index in [0.29, 0.717) is 5.56 Å². The maximum Gasteiger partial charge on any atom is 0.408 e. The highest BCUT2D eigenvalue weighted by Gasteiger charge is 2.28. The van der Waals surface area contributed by atoms with E-state index in [1.54, 1.807) is 12.1 Å². The van der Waals surface area contributed by atoms with Crippen molar-refractivity contribution in [3.8, 4) is 5.75 Å². The average molecular weight is 477 g/mol. The first kappa shape index (κ1) is 25.3. The van der Waals surface area contributed by atoms with Crippen molar-refractivity contribution in [2.24, 2.45) is 0 Å². The van der Waals surface area contributed by atoms with Crippen LogP contribution in [0.2, 0.25) is 0 Å². The average Bonchev–Trinajstić information content (AvgIpc) is 2.88. The maximum atomic E-state index is 13.2. The van der Waals surface area contributed by atoms with Crippen LogP contribution in [0.25, 0.3) is 0 Å². The van der Waals surface area contributed by atoms with Crippen molar-refractivity contribution in [1.29, 1.82) is 0 Å². The molecule has 2 amide bonds. The first-order valence-electron chi connectivity index (χ1n) is 11.1. The van der Waals surface area contributed by atoms with E-state index in [4.69, 9.17) is 9.47 Å². The summed E-state index contributed by atoms with van der Waals surface area (Å²) < 4.78 is 10.1. The molecule has 3 N–H and O–H groups in total. The number of esters is 1. The smallest absolute Gasteiger partial charge is 0.408 e. The summed E-state index contributed by atoms with van der Waals surface area (Å²) >= 11 is 0. The van der Waals surface area contributed by atoms with Gasteiger partial charge in [0.25, 0.3) is 0 Å². The lowest BCUT2D eigenvalue weighted by molar-refractivity contribution is -0.145. The van der Waals surface area contributed by atoms with E-state index in [9.17, 15) is 19.5 Å². The summed E-state index contributed by atoms with van der Waals surface area (Å²) in [6.45, 7) is 0.0407. The van der Waals surface area contributed by atoms with Gasteiger partial charge in [0.05, 0.1) is 7.11 Å². The van der Waals surface area contributed by atoms with Crippen molar-refractivity contribution < 1.29 is 29.0 Å². The van der Waals surface area contributed by atoms with Gasteiger partial charge in [-0.15, -0.1) is 0 Å². The number of aromatic hydroxyl groups is 1. The number of ether oxygens (including phenoxy) is 2. The minimum Gasteiger partial charge on any atom is -0.508 e. The van der Waals surface area contributed by atoms with Gasteiger partial charge in [-0.25, -0.2) is 9.59 Å². The van der Waals surface area contributed by atoms with Crippen LogP contribution in [-0.4, -0.2) is 42.3 Å². The van der Waals surface area contributed by atoms with Crippen LogP contribution < -0.4 is 10.6 Å². The number of benzene rings is 3. The molecule has 0 fully saturated rings. The fourth-order valence-corrected chi connectivity index (χ4v) is 3.44. The number of rotatable bonds is 10. The Balaban J connectivity index is 1.72. The van der Waals surface area contributed by atoms with Crippen LogP contribution in [0.15, 0.2) is 84.9 Å². The molecule has 0 saturated carbocycles. The molecular formula is C27H28N2O6. The number of hydrogen-bond acceptors (Lipinski definition) is 6. The predicted molar refractivity (Wildman–Crippen MR) is 129 cm³/mol. The zero-order valence-electron chi connectivity index (χ0n) is 19.3. The van der Waals surface area contributed by atoms with Crippen LogP contribution in [0.5, 0.6) is 5.75 Å². The Labute approximate surface area is 203 Å². The number of carbonyl (C=O) groups excluding carboxylic acids is 3. The van der Waals surface area contributed by atoms with Gasteiger partial charge in [0.15, 0.2) is 0 Å². The Kier molecular flexibility index (Phi) is 9.24. The molecule has 3 aromatic carbocycles. The van der Waals surface area contributed by atoms with Crippen LogP contribution in [-0.2, 0) is 38.5 Å². The van der Waals surface area contributed by atoms with Gasteiger partial charge in [-0.1, -0.05) is 72.8 Å². The number of phenols is 1. The zero-order chi connectivity index (χ0) is 25.0. The van der Waals surface area contributed by atoms with Crippen LogP contribution in [0.1, 0.15) is 16.7 Å². The fraction of sp³-hybridized carbons (Fsp3) is 0.222. The fourth-order valence-electron chi connectivity index (χ4n) is 3.44. The normalized spacial score (nSPS) is 12.1. The third kappa shape index (κ3) is 8.19. The van der Waals surface area contributed by atoms with Crippen molar-refractivity contribution in [1.82, 2.24) is 10.6 Å². The van der Waals surface area contributed by atoms with Gasteiger partial charge in [0, 0.05) is 12.8 Å². The third-order valence-corrected chi connectivity index (χ3v) is 5.28. The molecule has 0 unspecified atom stereocenters. The van der Waals surface area contributed by atoms with Crippen molar-refractivity contribution in [3.63, 3.8) is 0 Å². The van der Waals surface area contributed by atoms with Gasteiger partial charge >= 0.3 is 12.1 Å². The Bertz CT molecular complexity index is 1100. The number of alkyl carbamates (subject to hydrolysis) is 1. The lowest BCUT2D eigenvalue weighted by atomic mass is 10.0. The number of nitrogens with one attached hydrogen (secondary N) is 2. The molecule has 35 heavy (non-hydrogen) atoms. The second kappa shape index (κ2) is 12.8. The summed E-state index contributed by atoms with van der Waals surface area (Å²) in [4.78, 5) is 38.1. The van der Waals surface area contributed by atoms with E-state index >= 15 is 0 Å². The van der Waals surface area contributed by atoms with Crippen LogP contribution in [0.3, 0.4) is 0 Å². The molecule has 8 nitrogen and oxygen atoms in total. The summed E-state index contributed by atoms with van der Waals surface area (Å²) in [6, 6.07) is 22.7. The van der Waals surface area contributed by atoms with Crippen molar-refractivity contribution >= 4 is 18.0 Å². The molecule has 0 spiro atoms. The molecule has 0 radical (unpaired) electrons. The molecule has 0 aliphatic rings. The maximum absolute atomic E-state index is 13.2. The lowest BCUT2D eigenvalue weighted by Crippen LogP contribution is -2.53. The van der Waals surface area contributed by atoms with E-state index in [1.165, 1.54) is 19.2 Å². The first-order valence-corrected chi connectivity index (χ1v) is 11.1. The highest BCUT2D eigenvalue weighted by Crippen LogP contribution is 2.12. The topological polar surface area (TPSA) is 114 Å². The van der Waals surface area contributed by atoms with Gasteiger partial charge < -0.3 is 25.2 Å². The summed E-state index contributed by atoms with van der Waals surface area (Å²) in [7, 11) is 1.25. The highest BCUT2D eigenvalue weighted by atomic mass is 16.5. The number of phenolic OH excluding ortho intramolecular Hbond substituents is 1. The predicted octanol–water partition coefficient (Wildman–Crippen LogP) is 3.13. The molecule has 0 aromatic heterocycles. The number of hydrogen-bond donors (Lipinski definition) is 3. The van der Waals surface area contributed by atoms with E-state index < -0.39 is 30.1 Å².